The Morgan fingerprint density at radius 2 is 0.809 bits per heavy atom. The van der Waals surface area contributed by atoms with Gasteiger partial charge in [-0.25, -0.2) is 4.57 Å². The van der Waals surface area contributed by atoms with Crippen molar-refractivity contribution in [2.24, 2.45) is 0 Å². The molecule has 402 valence electrons. The first-order chi connectivity index (χ1) is 33.0. The van der Waals surface area contributed by atoms with Crippen LogP contribution in [-0.2, 0) is 18.4 Å². The summed E-state index contributed by atoms with van der Waals surface area (Å²) in [5, 5.41) is 13.9. The molecule has 9 heteroatoms. The second-order valence-corrected chi connectivity index (χ2v) is 22.8. The van der Waals surface area contributed by atoms with Crippen LogP contribution in [-0.4, -0.2) is 73.4 Å². The number of nitrogens with one attached hydrogen (secondary N) is 1. The topological polar surface area (TPSA) is 105 Å². The van der Waals surface area contributed by atoms with E-state index in [2.05, 4.69) is 43.5 Å². The molecule has 0 saturated heterocycles. The number of aliphatic hydroxyl groups is 1. The summed E-state index contributed by atoms with van der Waals surface area (Å²) in [6, 6.07) is -0.863. The van der Waals surface area contributed by atoms with E-state index in [9.17, 15) is 19.4 Å². The third-order valence-corrected chi connectivity index (χ3v) is 14.3. The number of carbonyl (C=O) groups excluding carboxylic acids is 1. The van der Waals surface area contributed by atoms with Gasteiger partial charge in [-0.1, -0.05) is 256 Å². The summed E-state index contributed by atoms with van der Waals surface area (Å²) in [4.78, 5) is 23.3. The van der Waals surface area contributed by atoms with E-state index < -0.39 is 20.0 Å². The zero-order valence-electron chi connectivity index (χ0n) is 45.9. The average Bonchev–Trinajstić information content (AvgIpc) is 3.30. The summed E-state index contributed by atoms with van der Waals surface area (Å²) in [6.07, 6.45) is 65.4. The van der Waals surface area contributed by atoms with Crippen molar-refractivity contribution in [3.8, 4) is 0 Å². The molecule has 0 aliphatic rings. The lowest BCUT2D eigenvalue weighted by molar-refractivity contribution is -0.870. The van der Waals surface area contributed by atoms with Crippen molar-refractivity contribution in [3.05, 3.63) is 36.5 Å². The molecule has 0 bridgehead atoms. The van der Waals surface area contributed by atoms with Crippen molar-refractivity contribution in [1.29, 1.82) is 0 Å². The number of likely N-dealkylation sites (N-methyl/N-ethyl adjacent to an activating group) is 1. The van der Waals surface area contributed by atoms with Gasteiger partial charge < -0.3 is 19.8 Å². The van der Waals surface area contributed by atoms with Gasteiger partial charge in [-0.15, -0.1) is 0 Å². The molecule has 3 unspecified atom stereocenters. The summed E-state index contributed by atoms with van der Waals surface area (Å²) in [5.74, 6) is -0.184. The lowest BCUT2D eigenvalue weighted by Crippen LogP contribution is -2.45. The number of phosphoric acid groups is 1. The third kappa shape index (κ3) is 52.5. The summed E-state index contributed by atoms with van der Waals surface area (Å²) in [6.45, 7) is 4.83. The first-order valence-corrected chi connectivity index (χ1v) is 30.9. The zero-order valence-corrected chi connectivity index (χ0v) is 46.8. The van der Waals surface area contributed by atoms with Crippen LogP contribution in [0.1, 0.15) is 284 Å². The van der Waals surface area contributed by atoms with E-state index >= 15 is 0 Å². The Balaban J connectivity index is 4.17. The molecule has 0 rings (SSSR count). The van der Waals surface area contributed by atoms with Crippen LogP contribution in [0.2, 0.25) is 0 Å². The molecule has 0 fully saturated rings. The predicted molar refractivity (Wildman–Crippen MR) is 295 cm³/mol. The van der Waals surface area contributed by atoms with Crippen LogP contribution in [0.5, 0.6) is 0 Å². The fraction of sp³-hybridized carbons (Fsp3) is 0.881. The predicted octanol–water partition coefficient (Wildman–Crippen LogP) is 17.8. The first-order valence-electron chi connectivity index (χ1n) is 29.4. The van der Waals surface area contributed by atoms with Gasteiger partial charge in [0.1, 0.15) is 13.2 Å². The molecule has 3 atom stereocenters. The Morgan fingerprint density at radius 3 is 1.18 bits per heavy atom. The van der Waals surface area contributed by atoms with Crippen molar-refractivity contribution in [1.82, 2.24) is 5.32 Å². The summed E-state index contributed by atoms with van der Waals surface area (Å²) < 4.78 is 23.7. The van der Waals surface area contributed by atoms with Crippen molar-refractivity contribution >= 4 is 13.7 Å². The van der Waals surface area contributed by atoms with Crippen LogP contribution >= 0.6 is 7.82 Å². The number of allylic oxidation sites excluding steroid dienone is 5. The zero-order chi connectivity index (χ0) is 49.9. The molecule has 0 aromatic carbocycles. The number of nitrogens with zero attached hydrogens (tertiary/aromatic N) is 1. The number of phosphoric ester groups is 1. The molecule has 0 spiro atoms. The van der Waals surface area contributed by atoms with Gasteiger partial charge in [0.2, 0.25) is 5.91 Å². The minimum Gasteiger partial charge on any atom is -0.387 e. The molecule has 0 radical (unpaired) electrons. The largest absolute Gasteiger partial charge is 0.472 e. The fourth-order valence-corrected chi connectivity index (χ4v) is 9.44. The monoisotopic (exact) mass is 980 g/mol. The van der Waals surface area contributed by atoms with Crippen LogP contribution in [0.4, 0.5) is 0 Å². The van der Waals surface area contributed by atoms with Crippen molar-refractivity contribution < 1.29 is 32.9 Å². The lowest BCUT2D eigenvalue weighted by atomic mass is 10.0. The number of amides is 1. The van der Waals surface area contributed by atoms with Crippen LogP contribution in [0, 0.1) is 0 Å². The maximum Gasteiger partial charge on any atom is 0.472 e. The maximum absolute atomic E-state index is 13.0. The standard InChI is InChI=1S/C59H115N2O6P/c1-6-8-10-12-14-16-18-20-22-24-26-27-28-29-30-31-32-33-34-35-37-39-41-43-45-47-49-51-53-59(63)60-57(56-67-68(64,65)66-55-54-61(3,4)5)58(62)52-50-48-46-44-42-40-38-36-25-23-21-19-17-15-13-11-9-7-2/h29-30,42,44,50,52,57-58,62H,6-28,31-41,43,45-49,51,53-56H2,1-5H3,(H-,60,63,64,65)/p+1/b30-29-,44-42+,52-50+. The molecule has 3 N–H and O–H groups in total. The van der Waals surface area contributed by atoms with E-state index in [-0.39, 0.29) is 19.1 Å². The fourth-order valence-electron chi connectivity index (χ4n) is 8.70. The van der Waals surface area contributed by atoms with Crippen LogP contribution in [0.25, 0.3) is 0 Å². The SMILES string of the molecule is CCCCCCCCCCCCCC/C=C\CCCCCCCCCCCCCCC(=O)NC(COP(=O)(O)OCC[N+](C)(C)C)C(O)/C=C/CC/C=C/CCCCCCCCCCCCCC. The Morgan fingerprint density at radius 1 is 0.485 bits per heavy atom. The quantitative estimate of drug-likeness (QED) is 0.0243. The van der Waals surface area contributed by atoms with E-state index in [1.165, 1.54) is 225 Å². The number of carbonyl (C=O) groups is 1. The van der Waals surface area contributed by atoms with E-state index in [1.807, 2.05) is 27.2 Å². The van der Waals surface area contributed by atoms with Gasteiger partial charge in [-0.3, -0.25) is 13.8 Å². The highest BCUT2D eigenvalue weighted by atomic mass is 31.2. The highest BCUT2D eigenvalue weighted by Crippen LogP contribution is 2.43. The van der Waals surface area contributed by atoms with E-state index in [0.29, 0.717) is 17.4 Å². The molecule has 8 nitrogen and oxygen atoms in total. The molecule has 0 aliphatic carbocycles. The van der Waals surface area contributed by atoms with Gasteiger partial charge in [0.15, 0.2) is 0 Å². The molecular formula is C59H116N2O6P+. The number of hydrogen-bond donors (Lipinski definition) is 3. The molecule has 68 heavy (non-hydrogen) atoms. The molecule has 1 amide bonds. The second kappa shape index (κ2) is 50.7. The highest BCUT2D eigenvalue weighted by molar-refractivity contribution is 7.47. The lowest BCUT2D eigenvalue weighted by Gasteiger charge is -2.25. The van der Waals surface area contributed by atoms with Crippen molar-refractivity contribution in [2.45, 2.75) is 296 Å². The third-order valence-electron chi connectivity index (χ3n) is 13.3. The molecule has 0 aromatic heterocycles. The minimum atomic E-state index is -4.35. The summed E-state index contributed by atoms with van der Waals surface area (Å²) >= 11 is 0. The number of unbranched alkanes of at least 4 members (excludes halogenated alkanes) is 37. The maximum atomic E-state index is 13.0. The number of hydrogen-bond acceptors (Lipinski definition) is 5. The molecule has 0 saturated carbocycles. The van der Waals surface area contributed by atoms with E-state index in [1.54, 1.807) is 6.08 Å². The normalized spacial score (nSPS) is 14.2. The number of quaternary nitrogens is 1. The smallest absolute Gasteiger partial charge is 0.387 e. The van der Waals surface area contributed by atoms with Gasteiger partial charge in [-0.05, 0) is 57.8 Å². The molecule has 0 heterocycles. The van der Waals surface area contributed by atoms with E-state index in [4.69, 9.17) is 9.05 Å². The van der Waals surface area contributed by atoms with Crippen molar-refractivity contribution in [2.75, 3.05) is 40.9 Å². The van der Waals surface area contributed by atoms with Gasteiger partial charge >= 0.3 is 7.82 Å². The highest BCUT2D eigenvalue weighted by Gasteiger charge is 2.27. The minimum absolute atomic E-state index is 0.0570. The average molecular weight is 981 g/mol. The Kier molecular flexibility index (Phi) is 49.7. The Hall–Kier alpha value is -1.28. The van der Waals surface area contributed by atoms with Crippen molar-refractivity contribution in [3.63, 3.8) is 0 Å². The number of rotatable bonds is 54. The molecule has 0 aliphatic heterocycles. The Bertz CT molecular complexity index is 1200. The Labute approximate surface area is 423 Å². The number of aliphatic hydroxyl groups excluding tert-OH is 1. The van der Waals surface area contributed by atoms with E-state index in [0.717, 1.165) is 38.5 Å². The van der Waals surface area contributed by atoms with Gasteiger partial charge in [0.25, 0.3) is 0 Å². The van der Waals surface area contributed by atoms with Crippen LogP contribution in [0.15, 0.2) is 36.5 Å². The molecular weight excluding hydrogens is 864 g/mol. The van der Waals surface area contributed by atoms with Crippen LogP contribution < -0.4 is 5.32 Å². The summed E-state index contributed by atoms with van der Waals surface area (Å²) in [5.41, 5.74) is 0. The second-order valence-electron chi connectivity index (χ2n) is 21.4. The van der Waals surface area contributed by atoms with Crippen LogP contribution in [0.3, 0.4) is 0 Å². The molecule has 0 aromatic rings. The first kappa shape index (κ1) is 66.7. The van der Waals surface area contributed by atoms with Gasteiger partial charge in [0, 0.05) is 6.42 Å². The summed E-state index contributed by atoms with van der Waals surface area (Å²) in [7, 11) is 1.56. The van der Waals surface area contributed by atoms with Gasteiger partial charge in [0.05, 0.1) is 39.9 Å². The van der Waals surface area contributed by atoms with Gasteiger partial charge in [-0.2, -0.15) is 0 Å².